The third-order valence-corrected chi connectivity index (χ3v) is 9.18. The number of aliphatic hydroxyl groups is 2. The molecule has 0 radical (unpaired) electrons. The second-order valence-corrected chi connectivity index (χ2v) is 12.2. The van der Waals surface area contributed by atoms with E-state index in [0.29, 0.717) is 0 Å². The van der Waals surface area contributed by atoms with Crippen molar-refractivity contribution >= 4 is 44.8 Å². The molecule has 0 aliphatic carbocycles. The van der Waals surface area contributed by atoms with E-state index in [4.69, 9.17) is 32.7 Å². The molecule has 6 atom stereocenters. The Morgan fingerprint density at radius 2 is 1.87 bits per heavy atom. The number of thiazole rings is 1. The number of halogens is 7. The van der Waals surface area contributed by atoms with Crippen LogP contribution in [0, 0.1) is 18.6 Å². The monoisotopic (exact) mass is 688 g/mol. The summed E-state index contributed by atoms with van der Waals surface area (Å²) in [5.74, 6) is -2.62. The lowest BCUT2D eigenvalue weighted by atomic mass is 9.91. The Morgan fingerprint density at radius 1 is 1.09 bits per heavy atom. The first-order valence-corrected chi connectivity index (χ1v) is 14.9. The molecule has 0 bridgehead atoms. The van der Waals surface area contributed by atoms with Crippen LogP contribution < -0.4 is 0 Å². The predicted octanol–water partition coefficient (Wildman–Crippen LogP) is 5.45. The number of nitrogens with zero attached hydrogens (tertiary/aromatic N) is 6. The Labute approximate surface area is 263 Å². The molecule has 2 saturated heterocycles. The van der Waals surface area contributed by atoms with Gasteiger partial charge in [0.2, 0.25) is 0 Å². The van der Waals surface area contributed by atoms with Crippen LogP contribution in [0.5, 0.6) is 0 Å². The fraction of sp³-hybridized carbons (Fsp3) is 0.333. The summed E-state index contributed by atoms with van der Waals surface area (Å²) in [7, 11) is 0. The fourth-order valence-corrected chi connectivity index (χ4v) is 7.14. The molecule has 2 aliphatic heterocycles. The molecule has 2 fully saturated rings. The Bertz CT molecular complexity index is 1950. The lowest BCUT2D eigenvalue weighted by molar-refractivity contribution is -0.196. The largest absolute Gasteiger partial charge is 0.419 e. The second kappa shape index (κ2) is 10.9. The van der Waals surface area contributed by atoms with E-state index in [1.165, 1.54) is 41.6 Å². The maximum absolute atomic E-state index is 14.7. The number of aliphatic hydroxyl groups excluding tert-OH is 2. The van der Waals surface area contributed by atoms with Crippen molar-refractivity contribution in [1.29, 1.82) is 0 Å². The molecule has 5 aromatic rings. The van der Waals surface area contributed by atoms with E-state index < -0.39 is 70.6 Å². The fourth-order valence-electron chi connectivity index (χ4n) is 5.82. The third-order valence-electron chi connectivity index (χ3n) is 7.76. The van der Waals surface area contributed by atoms with Crippen molar-refractivity contribution < 1.29 is 41.6 Å². The molecule has 5 heterocycles. The maximum Gasteiger partial charge on any atom is 0.419 e. The van der Waals surface area contributed by atoms with Crippen LogP contribution in [0.4, 0.5) is 22.0 Å². The molecular weight excluding hydrogens is 670 g/mol. The number of benzene rings is 2. The first kappa shape index (κ1) is 30.4. The van der Waals surface area contributed by atoms with E-state index in [1.807, 2.05) is 0 Å². The summed E-state index contributed by atoms with van der Waals surface area (Å²) in [5, 5.41) is 30.4. The Morgan fingerprint density at radius 3 is 2.62 bits per heavy atom. The normalized spacial score (nSPS) is 25.3. The van der Waals surface area contributed by atoms with Crippen LogP contribution in [-0.2, 0) is 15.7 Å². The summed E-state index contributed by atoms with van der Waals surface area (Å²) in [6.45, 7) is 1.26. The average molecular weight is 689 g/mol. The van der Waals surface area contributed by atoms with Gasteiger partial charge in [-0.1, -0.05) is 23.2 Å². The number of ether oxygens (including phenoxy) is 2. The van der Waals surface area contributed by atoms with Gasteiger partial charge in [-0.15, -0.1) is 11.3 Å². The van der Waals surface area contributed by atoms with Gasteiger partial charge in [-0.05, 0) is 25.1 Å². The zero-order valence-corrected chi connectivity index (χ0v) is 24.9. The number of aryl methyl sites for hydroxylation is 1. The van der Waals surface area contributed by atoms with Crippen molar-refractivity contribution in [3.05, 3.63) is 75.0 Å². The number of alkyl halides is 3. The summed E-state index contributed by atoms with van der Waals surface area (Å²) >= 11 is 12.8. The molecular formula is C27H19Cl2F5N6O4S. The molecule has 18 heteroatoms. The van der Waals surface area contributed by atoms with Gasteiger partial charge >= 0.3 is 6.18 Å². The van der Waals surface area contributed by atoms with E-state index >= 15 is 0 Å². The van der Waals surface area contributed by atoms with E-state index in [9.17, 15) is 32.2 Å². The smallest absolute Gasteiger partial charge is 0.388 e. The molecule has 2 N–H and O–H groups in total. The zero-order chi connectivity index (χ0) is 31.9. The predicted molar refractivity (Wildman–Crippen MR) is 150 cm³/mol. The highest BCUT2D eigenvalue weighted by Crippen LogP contribution is 2.46. The lowest BCUT2D eigenvalue weighted by Gasteiger charge is -2.41. The summed E-state index contributed by atoms with van der Waals surface area (Å²) in [6.07, 6.45) is -8.62. The zero-order valence-electron chi connectivity index (χ0n) is 22.6. The molecule has 0 spiro atoms. The molecule has 45 heavy (non-hydrogen) atoms. The van der Waals surface area contributed by atoms with Crippen molar-refractivity contribution in [3.63, 3.8) is 0 Å². The van der Waals surface area contributed by atoms with Crippen LogP contribution in [0.25, 0.3) is 27.0 Å². The summed E-state index contributed by atoms with van der Waals surface area (Å²) in [5.41, 5.74) is -0.352. The Hall–Kier alpha value is -3.25. The van der Waals surface area contributed by atoms with Crippen LogP contribution in [0.1, 0.15) is 29.4 Å². The molecule has 2 aromatic carbocycles. The second-order valence-electron chi connectivity index (χ2n) is 10.5. The highest BCUT2D eigenvalue weighted by molar-refractivity contribution is 7.17. The van der Waals surface area contributed by atoms with Gasteiger partial charge in [-0.25, -0.2) is 23.4 Å². The standard InChI is InChI=1S/C27H19Cl2F5N6O4S/c1-9-37-26(40(38-9)14-4-13(29)19-25(45-8-35-19)16(14)27(32,33)34)24-21(42)20(23-22(44-24)15(41)7-43-23)39-6-10(5-36-39)11-2-3-12(28)18(31)17(11)30/h2-6,8,15,20-24,41-42H,7H2,1H3/t15?,20?,21?,22?,23-,24-/m1/s1. The van der Waals surface area contributed by atoms with Gasteiger partial charge in [-0.3, -0.25) is 4.68 Å². The molecule has 10 nitrogen and oxygen atoms in total. The van der Waals surface area contributed by atoms with E-state index in [2.05, 4.69) is 20.2 Å². The SMILES string of the molecule is Cc1nc([C@@H]2OC3C(O)CO[C@@H]3C(n3cc(-c4ccc(Cl)c(F)c4F)cn3)C2O)n(-c2cc(Cl)c3ncsc3c2C(F)(F)F)n1. The quantitative estimate of drug-likeness (QED) is 0.189. The third kappa shape index (κ3) is 4.90. The molecule has 0 amide bonds. The highest BCUT2D eigenvalue weighted by Gasteiger charge is 2.55. The van der Waals surface area contributed by atoms with Gasteiger partial charge < -0.3 is 19.7 Å². The average Bonchev–Trinajstić information content (AvgIpc) is 3.78. The van der Waals surface area contributed by atoms with E-state index in [1.54, 1.807) is 0 Å². The van der Waals surface area contributed by atoms with Gasteiger partial charge in [-0.2, -0.15) is 23.4 Å². The topological polar surface area (TPSA) is 120 Å². The van der Waals surface area contributed by atoms with Gasteiger partial charge in [0.15, 0.2) is 17.5 Å². The number of rotatable bonds is 4. The van der Waals surface area contributed by atoms with Crippen molar-refractivity contribution in [2.75, 3.05) is 6.61 Å². The van der Waals surface area contributed by atoms with Crippen LogP contribution in [0.2, 0.25) is 10.0 Å². The molecule has 3 aromatic heterocycles. The number of hydrogen-bond donors (Lipinski definition) is 2. The highest BCUT2D eigenvalue weighted by atomic mass is 35.5. The Kier molecular flexibility index (Phi) is 7.39. The van der Waals surface area contributed by atoms with E-state index in [0.717, 1.165) is 22.1 Å². The summed E-state index contributed by atoms with van der Waals surface area (Å²) in [6, 6.07) is 2.38. The number of aromatic nitrogens is 6. The minimum Gasteiger partial charge on any atom is -0.388 e. The van der Waals surface area contributed by atoms with Crippen LogP contribution >= 0.6 is 34.5 Å². The minimum atomic E-state index is -4.86. The van der Waals surface area contributed by atoms with Gasteiger partial charge in [0.05, 0.1) is 38.7 Å². The summed E-state index contributed by atoms with van der Waals surface area (Å²) in [4.78, 5) is 8.28. The number of fused-ring (bicyclic) bond motifs is 2. The molecule has 236 valence electrons. The first-order chi connectivity index (χ1) is 21.3. The van der Waals surface area contributed by atoms with Gasteiger partial charge in [0.25, 0.3) is 0 Å². The van der Waals surface area contributed by atoms with Crippen molar-refractivity contribution in [3.8, 4) is 16.8 Å². The first-order valence-electron chi connectivity index (χ1n) is 13.2. The molecule has 0 saturated carbocycles. The van der Waals surface area contributed by atoms with E-state index in [-0.39, 0.29) is 44.6 Å². The van der Waals surface area contributed by atoms with Crippen LogP contribution in [0.3, 0.4) is 0 Å². The lowest BCUT2D eigenvalue weighted by Crippen LogP contribution is -2.52. The molecule has 7 rings (SSSR count). The van der Waals surface area contributed by atoms with Gasteiger partial charge in [0.1, 0.15) is 53.5 Å². The van der Waals surface area contributed by atoms with Crippen molar-refractivity contribution in [2.24, 2.45) is 0 Å². The van der Waals surface area contributed by atoms with Crippen molar-refractivity contribution in [2.45, 2.75) is 49.7 Å². The van der Waals surface area contributed by atoms with Crippen LogP contribution in [0.15, 0.2) is 36.1 Å². The Balaban J connectivity index is 1.35. The minimum absolute atomic E-state index is 0.0364. The summed E-state index contributed by atoms with van der Waals surface area (Å²) < 4.78 is 86.3. The molecule has 2 aliphatic rings. The van der Waals surface area contributed by atoms with Crippen LogP contribution in [-0.4, -0.2) is 70.8 Å². The number of hydrogen-bond acceptors (Lipinski definition) is 9. The maximum atomic E-state index is 14.7. The molecule has 4 unspecified atom stereocenters. The van der Waals surface area contributed by atoms with Crippen molar-refractivity contribution in [1.82, 2.24) is 29.5 Å². The van der Waals surface area contributed by atoms with Gasteiger partial charge in [0, 0.05) is 17.3 Å².